The minimum Gasteiger partial charge on any atom is -0.314 e. The average Bonchev–Trinajstić information content (AvgIpc) is 3.00. The Morgan fingerprint density at radius 1 is 1.31 bits per heavy atom. The van der Waals surface area contributed by atoms with Crippen LogP contribution in [-0.4, -0.2) is 25.6 Å². The number of alkyl halides is 3. The van der Waals surface area contributed by atoms with Crippen LogP contribution in [0.3, 0.4) is 0 Å². The highest BCUT2D eigenvalue weighted by molar-refractivity contribution is 5.93. The number of nitrogens with zero attached hydrogens (tertiary/aromatic N) is 3. The van der Waals surface area contributed by atoms with E-state index < -0.39 is 17.9 Å². The van der Waals surface area contributed by atoms with Crippen LogP contribution < -0.4 is 5.48 Å². The van der Waals surface area contributed by atoms with Crippen molar-refractivity contribution < 1.29 is 23.2 Å². The number of aryl methyl sites for hydroxylation is 1. The number of hydrogen-bond acceptors (Lipinski definition) is 4. The fourth-order valence-electron chi connectivity index (χ4n) is 2.78. The van der Waals surface area contributed by atoms with E-state index in [1.807, 2.05) is 0 Å². The number of pyridine rings is 1. The van der Waals surface area contributed by atoms with Gasteiger partial charge < -0.3 is 4.57 Å². The van der Waals surface area contributed by atoms with E-state index in [1.54, 1.807) is 25.1 Å². The molecule has 6 nitrogen and oxygen atoms in total. The summed E-state index contributed by atoms with van der Waals surface area (Å²) in [5.74, 6) is -1.73. The normalized spacial score (nSPS) is 11.7. The van der Waals surface area contributed by atoms with Gasteiger partial charge in [-0.2, -0.15) is 13.2 Å². The largest absolute Gasteiger partial charge is 0.449 e. The van der Waals surface area contributed by atoms with E-state index in [0.717, 1.165) is 4.57 Å². The van der Waals surface area contributed by atoms with Crippen molar-refractivity contribution in [2.45, 2.75) is 26.1 Å². The number of benzene rings is 1. The van der Waals surface area contributed by atoms with Gasteiger partial charge in [0.05, 0.1) is 28.8 Å². The van der Waals surface area contributed by atoms with Gasteiger partial charge in [-0.05, 0) is 30.2 Å². The van der Waals surface area contributed by atoms with Crippen LogP contribution in [-0.2, 0) is 19.1 Å². The molecule has 0 bridgehead atoms. The Hall–Kier alpha value is -2.94. The molecule has 2 aromatic heterocycles. The Morgan fingerprint density at radius 2 is 2.04 bits per heavy atom. The van der Waals surface area contributed by atoms with E-state index in [2.05, 4.69) is 9.97 Å². The van der Waals surface area contributed by atoms with Gasteiger partial charge in [0, 0.05) is 6.20 Å². The fourth-order valence-corrected chi connectivity index (χ4v) is 2.78. The molecule has 9 heteroatoms. The number of amides is 1. The molecule has 136 valence electrons. The molecule has 2 N–H and O–H groups in total. The Morgan fingerprint density at radius 3 is 2.69 bits per heavy atom. The van der Waals surface area contributed by atoms with Gasteiger partial charge in [-0.25, -0.2) is 10.5 Å². The van der Waals surface area contributed by atoms with Gasteiger partial charge in [0.15, 0.2) is 0 Å². The number of para-hydroxylation sites is 2. The number of aromatic nitrogens is 3. The summed E-state index contributed by atoms with van der Waals surface area (Å²) in [6.45, 7) is 1.66. The van der Waals surface area contributed by atoms with Crippen LogP contribution in [0, 0.1) is 0 Å². The first kappa shape index (κ1) is 17.9. The number of nitrogens with one attached hydrogen (secondary N) is 1. The molecule has 1 aromatic carbocycles. The lowest BCUT2D eigenvalue weighted by Gasteiger charge is -2.14. The lowest BCUT2D eigenvalue weighted by atomic mass is 10.1. The lowest BCUT2D eigenvalue weighted by molar-refractivity contribution is -0.146. The molecule has 0 fully saturated rings. The van der Waals surface area contributed by atoms with E-state index in [9.17, 15) is 18.0 Å². The number of fused-ring (bicyclic) bond motifs is 1. The first-order valence-electron chi connectivity index (χ1n) is 7.79. The molecule has 0 aliphatic rings. The highest BCUT2D eigenvalue weighted by Crippen LogP contribution is 2.32. The summed E-state index contributed by atoms with van der Waals surface area (Å²) in [5.41, 5.74) is 3.23. The molecular weight excluding hydrogens is 349 g/mol. The molecule has 0 atom stereocenters. The average molecular weight is 364 g/mol. The number of rotatable bonds is 4. The van der Waals surface area contributed by atoms with Crippen molar-refractivity contribution in [2.24, 2.45) is 0 Å². The molecule has 3 aromatic rings. The molecule has 2 heterocycles. The van der Waals surface area contributed by atoms with Crippen molar-refractivity contribution in [1.29, 1.82) is 0 Å². The van der Waals surface area contributed by atoms with Crippen molar-refractivity contribution in [3.05, 3.63) is 59.2 Å². The number of carbonyl (C=O) groups is 1. The SMILES string of the molecule is CCc1cc(C(=O)NO)cnc1Cn1c(C(F)(F)F)nc2ccccc21. The second kappa shape index (κ2) is 6.75. The zero-order chi connectivity index (χ0) is 18.9. The van der Waals surface area contributed by atoms with Crippen molar-refractivity contribution in [1.82, 2.24) is 20.0 Å². The van der Waals surface area contributed by atoms with Crippen LogP contribution >= 0.6 is 0 Å². The quantitative estimate of drug-likeness (QED) is 0.550. The van der Waals surface area contributed by atoms with Gasteiger partial charge in [-0.15, -0.1) is 0 Å². The minimum absolute atomic E-state index is 0.125. The summed E-state index contributed by atoms with van der Waals surface area (Å²) >= 11 is 0. The zero-order valence-corrected chi connectivity index (χ0v) is 13.7. The van der Waals surface area contributed by atoms with Crippen molar-refractivity contribution in [3.63, 3.8) is 0 Å². The molecule has 0 saturated carbocycles. The Balaban J connectivity index is 2.10. The monoisotopic (exact) mass is 364 g/mol. The predicted octanol–water partition coefficient (Wildman–Crippen LogP) is 3.18. The van der Waals surface area contributed by atoms with Gasteiger partial charge in [0.25, 0.3) is 5.91 Å². The molecule has 0 unspecified atom stereocenters. The Bertz CT molecular complexity index is 966. The third kappa shape index (κ3) is 3.25. The molecule has 0 spiro atoms. The molecule has 26 heavy (non-hydrogen) atoms. The Kier molecular flexibility index (Phi) is 4.64. The summed E-state index contributed by atoms with van der Waals surface area (Å²) < 4.78 is 41.3. The summed E-state index contributed by atoms with van der Waals surface area (Å²) in [6, 6.07) is 7.85. The third-order valence-electron chi connectivity index (χ3n) is 4.02. The molecule has 0 saturated heterocycles. The van der Waals surface area contributed by atoms with E-state index >= 15 is 0 Å². The molecule has 1 amide bonds. The van der Waals surface area contributed by atoms with Crippen LogP contribution in [0.2, 0.25) is 0 Å². The van der Waals surface area contributed by atoms with Crippen LogP contribution in [0.25, 0.3) is 11.0 Å². The summed E-state index contributed by atoms with van der Waals surface area (Å²) in [5, 5.41) is 8.71. The van der Waals surface area contributed by atoms with E-state index in [1.165, 1.54) is 23.8 Å². The molecule has 3 rings (SSSR count). The topological polar surface area (TPSA) is 80.0 Å². The maximum absolute atomic E-state index is 13.4. The summed E-state index contributed by atoms with van der Waals surface area (Å²) in [7, 11) is 0. The Labute approximate surface area is 146 Å². The van der Waals surface area contributed by atoms with Crippen molar-refractivity contribution in [2.75, 3.05) is 0 Å². The van der Waals surface area contributed by atoms with Crippen LogP contribution in [0.4, 0.5) is 13.2 Å². The van der Waals surface area contributed by atoms with Crippen LogP contribution in [0.1, 0.15) is 34.4 Å². The first-order valence-corrected chi connectivity index (χ1v) is 7.79. The second-order valence-electron chi connectivity index (χ2n) is 5.63. The van der Waals surface area contributed by atoms with Crippen LogP contribution in [0.5, 0.6) is 0 Å². The van der Waals surface area contributed by atoms with E-state index in [4.69, 9.17) is 5.21 Å². The fraction of sp³-hybridized carbons (Fsp3) is 0.235. The van der Waals surface area contributed by atoms with E-state index in [-0.39, 0.29) is 17.6 Å². The van der Waals surface area contributed by atoms with Gasteiger partial charge in [-0.3, -0.25) is 15.0 Å². The summed E-state index contributed by atoms with van der Waals surface area (Å²) in [4.78, 5) is 19.3. The van der Waals surface area contributed by atoms with Crippen molar-refractivity contribution in [3.8, 4) is 0 Å². The second-order valence-corrected chi connectivity index (χ2v) is 5.63. The minimum atomic E-state index is -4.61. The summed E-state index contributed by atoms with van der Waals surface area (Å²) in [6.07, 6.45) is -2.93. The third-order valence-corrected chi connectivity index (χ3v) is 4.02. The number of halogens is 3. The smallest absolute Gasteiger partial charge is 0.314 e. The molecule has 0 aliphatic carbocycles. The van der Waals surface area contributed by atoms with Crippen LogP contribution in [0.15, 0.2) is 36.5 Å². The highest BCUT2D eigenvalue weighted by atomic mass is 19.4. The number of hydroxylamine groups is 1. The number of hydrogen-bond donors (Lipinski definition) is 2. The van der Waals surface area contributed by atoms with Gasteiger partial charge >= 0.3 is 6.18 Å². The standard InChI is InChI=1S/C17H15F3N4O2/c1-2-10-7-11(15(25)23-26)8-21-13(10)9-24-14-6-4-3-5-12(14)22-16(24)17(18,19)20/h3-8,26H,2,9H2,1H3,(H,23,25). The maximum atomic E-state index is 13.4. The zero-order valence-electron chi connectivity index (χ0n) is 13.7. The number of carbonyl (C=O) groups excluding carboxylic acids is 1. The van der Waals surface area contributed by atoms with Gasteiger partial charge in [0.2, 0.25) is 5.82 Å². The molecule has 0 radical (unpaired) electrons. The predicted molar refractivity (Wildman–Crippen MR) is 86.7 cm³/mol. The number of imidazole rings is 1. The maximum Gasteiger partial charge on any atom is 0.449 e. The lowest BCUT2D eigenvalue weighted by Crippen LogP contribution is -2.20. The highest BCUT2D eigenvalue weighted by Gasteiger charge is 2.37. The van der Waals surface area contributed by atoms with Gasteiger partial charge in [0.1, 0.15) is 0 Å². The van der Waals surface area contributed by atoms with Crippen molar-refractivity contribution >= 4 is 16.9 Å². The molecule has 0 aliphatic heterocycles. The molecular formula is C17H15F3N4O2. The van der Waals surface area contributed by atoms with E-state index in [0.29, 0.717) is 23.2 Å². The first-order chi connectivity index (χ1) is 12.3. The van der Waals surface area contributed by atoms with Gasteiger partial charge in [-0.1, -0.05) is 19.1 Å².